The quantitative estimate of drug-likeness (QED) is 0.519. The number of hydrogen-bond donors (Lipinski definition) is 1. The van der Waals surface area contributed by atoms with E-state index in [1.807, 2.05) is 0 Å². The Morgan fingerprint density at radius 3 is 2.12 bits per heavy atom. The van der Waals surface area contributed by atoms with Crippen molar-refractivity contribution in [2.45, 2.75) is 18.2 Å². The molecule has 0 aliphatic carbocycles. The predicted molar refractivity (Wildman–Crippen MR) is 67.8 cm³/mol. The van der Waals surface area contributed by atoms with Crippen LogP contribution in [0.25, 0.3) is 0 Å². The molecule has 0 spiro atoms. The van der Waals surface area contributed by atoms with Gasteiger partial charge < -0.3 is 0 Å². The van der Waals surface area contributed by atoms with Crippen molar-refractivity contribution in [1.82, 2.24) is 0 Å². The second kappa shape index (κ2) is 6.25. The van der Waals surface area contributed by atoms with Crippen LogP contribution >= 0.6 is 34.8 Å². The Hall–Kier alpha value is 1.000. The molecule has 1 aromatic carbocycles. The zero-order chi connectivity index (χ0) is 11.8. The van der Waals surface area contributed by atoms with Gasteiger partial charge in [0, 0.05) is 5.02 Å². The summed E-state index contributed by atoms with van der Waals surface area (Å²) in [5.74, 6) is 0. The molecule has 0 unspecified atom stereocenters. The van der Waals surface area contributed by atoms with Crippen molar-refractivity contribution >= 4 is 74.5 Å². The topological polar surface area (TPSA) is 54.4 Å². The summed E-state index contributed by atoms with van der Waals surface area (Å²) in [6.45, 7) is 1.80. The average molecular weight is 314 g/mol. The van der Waals surface area contributed by atoms with Crippen LogP contribution in [0.3, 0.4) is 0 Å². The van der Waals surface area contributed by atoms with Crippen LogP contribution in [0.2, 0.25) is 15.1 Å². The molecular weight excluding hydrogens is 306 g/mol. The molecule has 1 N–H and O–H groups in total. The van der Waals surface area contributed by atoms with Crippen molar-refractivity contribution in [3.05, 3.63) is 26.7 Å². The third-order valence-electron chi connectivity index (χ3n) is 1.85. The fourth-order valence-electron chi connectivity index (χ4n) is 1.12. The summed E-state index contributed by atoms with van der Waals surface area (Å²) in [6, 6.07) is 1.09. The van der Waals surface area contributed by atoms with Crippen molar-refractivity contribution in [3.8, 4) is 0 Å². The maximum atomic E-state index is 10.9. The summed E-state index contributed by atoms with van der Waals surface area (Å²) in [4.78, 5) is -0.476. The summed E-state index contributed by atoms with van der Waals surface area (Å²) >= 11 is 17.3. The summed E-state index contributed by atoms with van der Waals surface area (Å²) in [6.07, 6.45) is 0.517. The molecule has 0 heterocycles. The molecule has 1 rings (SSSR count). The molecule has 0 saturated heterocycles. The normalized spacial score (nSPS) is 11.1. The van der Waals surface area contributed by atoms with Gasteiger partial charge in [0.05, 0.1) is 10.0 Å². The number of rotatable bonds is 2. The summed E-state index contributed by atoms with van der Waals surface area (Å²) in [7, 11) is -4.40. The van der Waals surface area contributed by atoms with Crippen molar-refractivity contribution < 1.29 is 13.0 Å². The Kier molecular flexibility index (Phi) is 6.64. The molecule has 8 heteroatoms. The van der Waals surface area contributed by atoms with E-state index in [0.29, 0.717) is 12.0 Å². The van der Waals surface area contributed by atoms with Gasteiger partial charge in [0.15, 0.2) is 0 Å². The zero-order valence-corrected chi connectivity index (χ0v) is 10.7. The number of halogens is 3. The van der Waals surface area contributed by atoms with Gasteiger partial charge in [0.2, 0.25) is 0 Å². The molecule has 0 atom stereocenters. The first-order chi connectivity index (χ1) is 6.79. The van der Waals surface area contributed by atoms with Gasteiger partial charge in [-0.05, 0) is 18.1 Å². The van der Waals surface area contributed by atoms with Crippen molar-refractivity contribution in [2.75, 3.05) is 0 Å². The SMILES string of the molecule is CCc1c(Cl)cc(S(=O)(=O)O)c(Cl)c1Cl.[NaH]. The van der Waals surface area contributed by atoms with Crippen molar-refractivity contribution in [3.63, 3.8) is 0 Å². The van der Waals surface area contributed by atoms with Gasteiger partial charge in [-0.25, -0.2) is 0 Å². The minimum atomic E-state index is -4.40. The minimum absolute atomic E-state index is 0. The first-order valence-electron chi connectivity index (χ1n) is 3.92. The molecule has 86 valence electrons. The molecule has 0 bridgehead atoms. The molecule has 0 radical (unpaired) electrons. The van der Waals surface area contributed by atoms with Gasteiger partial charge in [-0.3, -0.25) is 4.55 Å². The molecular formula is C8H8Cl3NaO3S. The molecule has 16 heavy (non-hydrogen) atoms. The van der Waals surface area contributed by atoms with E-state index >= 15 is 0 Å². The molecule has 1 aromatic rings. The van der Waals surface area contributed by atoms with Crippen LogP contribution in [0, 0.1) is 0 Å². The molecule has 0 saturated carbocycles. The third-order valence-corrected chi connectivity index (χ3v) is 4.09. The Labute approximate surface area is 131 Å². The zero-order valence-electron chi connectivity index (χ0n) is 7.59. The second-order valence-electron chi connectivity index (χ2n) is 2.79. The first-order valence-corrected chi connectivity index (χ1v) is 6.50. The van der Waals surface area contributed by atoms with E-state index in [1.54, 1.807) is 6.92 Å². The van der Waals surface area contributed by atoms with E-state index in [-0.39, 0.29) is 44.6 Å². The second-order valence-corrected chi connectivity index (χ2v) is 5.34. The third kappa shape index (κ3) is 3.50. The van der Waals surface area contributed by atoms with E-state index in [1.165, 1.54) is 0 Å². The summed E-state index contributed by atoms with van der Waals surface area (Å²) < 4.78 is 30.7. The Bertz CT molecular complexity index is 502. The summed E-state index contributed by atoms with van der Waals surface area (Å²) in [5.41, 5.74) is 0.552. The predicted octanol–water partition coefficient (Wildman–Crippen LogP) is 2.81. The van der Waals surface area contributed by atoms with Gasteiger partial charge >= 0.3 is 29.6 Å². The van der Waals surface area contributed by atoms with Gasteiger partial charge in [0.25, 0.3) is 10.1 Å². The molecule has 0 fully saturated rings. The first kappa shape index (κ1) is 17.0. The molecule has 0 amide bonds. The average Bonchev–Trinajstić information content (AvgIpc) is 2.10. The van der Waals surface area contributed by atoms with Crippen molar-refractivity contribution in [1.29, 1.82) is 0 Å². The standard InChI is InChI=1S/C8H7Cl3O3S.Na.H/c1-2-4-5(9)3-6(15(12,13)14)8(11)7(4)10;;/h3H,2H2,1H3,(H,12,13,14);;. The molecule has 0 aliphatic rings. The van der Waals surface area contributed by atoms with E-state index in [4.69, 9.17) is 39.4 Å². The van der Waals surface area contributed by atoms with E-state index in [2.05, 4.69) is 0 Å². The molecule has 0 aliphatic heterocycles. The Morgan fingerprint density at radius 2 is 1.75 bits per heavy atom. The molecule has 3 nitrogen and oxygen atoms in total. The van der Waals surface area contributed by atoms with Gasteiger partial charge in [-0.15, -0.1) is 0 Å². The van der Waals surface area contributed by atoms with Crippen molar-refractivity contribution in [2.24, 2.45) is 0 Å². The van der Waals surface area contributed by atoms with Crippen LogP contribution in [0.1, 0.15) is 12.5 Å². The van der Waals surface area contributed by atoms with Crippen LogP contribution in [0.15, 0.2) is 11.0 Å². The Morgan fingerprint density at radius 1 is 1.25 bits per heavy atom. The maximum absolute atomic E-state index is 10.9. The monoisotopic (exact) mass is 312 g/mol. The van der Waals surface area contributed by atoms with Gasteiger partial charge in [-0.1, -0.05) is 41.7 Å². The van der Waals surface area contributed by atoms with Crippen LogP contribution in [-0.2, 0) is 16.5 Å². The fourth-order valence-corrected chi connectivity index (χ4v) is 3.02. The van der Waals surface area contributed by atoms with E-state index < -0.39 is 15.0 Å². The van der Waals surface area contributed by atoms with Crippen LogP contribution in [0.4, 0.5) is 0 Å². The van der Waals surface area contributed by atoms with Crippen LogP contribution < -0.4 is 0 Å². The van der Waals surface area contributed by atoms with Crippen LogP contribution in [-0.4, -0.2) is 42.5 Å². The van der Waals surface area contributed by atoms with Gasteiger partial charge in [0.1, 0.15) is 4.90 Å². The number of hydrogen-bond acceptors (Lipinski definition) is 2. The molecule has 0 aromatic heterocycles. The summed E-state index contributed by atoms with van der Waals surface area (Å²) in [5, 5.41) is 0.0132. The Balaban J connectivity index is 0.00000225. The number of benzene rings is 1. The fraction of sp³-hybridized carbons (Fsp3) is 0.250. The van der Waals surface area contributed by atoms with Crippen LogP contribution in [0.5, 0.6) is 0 Å². The van der Waals surface area contributed by atoms with Gasteiger partial charge in [-0.2, -0.15) is 8.42 Å². The van der Waals surface area contributed by atoms with E-state index in [9.17, 15) is 8.42 Å². The van der Waals surface area contributed by atoms with E-state index in [0.717, 1.165) is 6.07 Å².